The van der Waals surface area contributed by atoms with Crippen LogP contribution in [0.1, 0.15) is 49.0 Å². The van der Waals surface area contributed by atoms with Gasteiger partial charge in [0.25, 0.3) is 0 Å². The van der Waals surface area contributed by atoms with E-state index in [1.165, 1.54) is 28.7 Å². The molecule has 0 atom stereocenters. The van der Waals surface area contributed by atoms with E-state index in [0.717, 1.165) is 30.2 Å². The summed E-state index contributed by atoms with van der Waals surface area (Å²) in [5.74, 6) is 0.435. The molecule has 1 aromatic carbocycles. The molecule has 1 fully saturated rings. The van der Waals surface area contributed by atoms with Crippen LogP contribution >= 0.6 is 23.1 Å². The van der Waals surface area contributed by atoms with Crippen LogP contribution in [0.3, 0.4) is 0 Å². The number of anilines is 1. The summed E-state index contributed by atoms with van der Waals surface area (Å²) in [4.78, 5) is 30.0. The quantitative estimate of drug-likeness (QED) is 0.334. The number of nitrogens with one attached hydrogen (secondary N) is 1. The molecular weight excluding hydrogens is 392 g/mol. The Morgan fingerprint density at radius 3 is 2.82 bits per heavy atom. The Morgan fingerprint density at radius 2 is 2.11 bits per heavy atom. The van der Waals surface area contributed by atoms with Crippen molar-refractivity contribution in [3.05, 3.63) is 35.5 Å². The van der Waals surface area contributed by atoms with Gasteiger partial charge in [0.1, 0.15) is 0 Å². The maximum absolute atomic E-state index is 12.8. The Bertz CT molecular complexity index is 1020. The van der Waals surface area contributed by atoms with Gasteiger partial charge in [0.05, 0.1) is 5.75 Å². The van der Waals surface area contributed by atoms with E-state index in [9.17, 15) is 9.59 Å². The molecule has 0 bridgehead atoms. The number of aryl methyl sites for hydroxylation is 1. The molecule has 0 radical (unpaired) electrons. The largest absolute Gasteiger partial charge is 0.360 e. The number of benzene rings is 1. The topological polar surface area (TPSA) is 79.0 Å². The second-order valence-electron chi connectivity index (χ2n) is 6.81. The van der Waals surface area contributed by atoms with Crippen LogP contribution in [0.4, 0.5) is 5.13 Å². The first kappa shape index (κ1) is 19.1. The Kier molecular flexibility index (Phi) is 5.50. The summed E-state index contributed by atoms with van der Waals surface area (Å²) >= 11 is 2.77. The van der Waals surface area contributed by atoms with Gasteiger partial charge in [0.15, 0.2) is 10.1 Å². The number of hydrogen-bond acceptors (Lipinski definition) is 6. The van der Waals surface area contributed by atoms with Crippen molar-refractivity contribution in [3.8, 4) is 0 Å². The van der Waals surface area contributed by atoms with Crippen LogP contribution in [0, 0.1) is 0 Å². The minimum Gasteiger partial charge on any atom is -0.360 e. The predicted molar refractivity (Wildman–Crippen MR) is 113 cm³/mol. The summed E-state index contributed by atoms with van der Waals surface area (Å²) in [7, 11) is 0. The highest BCUT2D eigenvalue weighted by molar-refractivity contribution is 8.01. The molecule has 4 rings (SSSR count). The molecule has 2 heterocycles. The molecule has 0 aliphatic heterocycles. The van der Waals surface area contributed by atoms with Gasteiger partial charge >= 0.3 is 0 Å². The molecule has 1 saturated carbocycles. The fourth-order valence-corrected chi connectivity index (χ4v) is 5.09. The Balaban J connectivity index is 1.46. The molecule has 1 N–H and O–H groups in total. The zero-order valence-corrected chi connectivity index (χ0v) is 17.5. The van der Waals surface area contributed by atoms with Crippen molar-refractivity contribution >= 4 is 50.8 Å². The SMILES string of the molecule is CCC(=O)N(c1nnc(SCC(=O)c2c[nH]c3c(CC)cccc23)s1)C1CC1. The Labute approximate surface area is 171 Å². The fraction of sp³-hybridized carbons (Fsp3) is 0.400. The Morgan fingerprint density at radius 1 is 1.29 bits per heavy atom. The van der Waals surface area contributed by atoms with Crippen LogP contribution in [-0.4, -0.2) is 38.7 Å². The molecule has 28 heavy (non-hydrogen) atoms. The van der Waals surface area contributed by atoms with E-state index in [1.807, 2.05) is 19.1 Å². The summed E-state index contributed by atoms with van der Waals surface area (Å²) in [6, 6.07) is 6.32. The standard InChI is InChI=1S/C20H22N4O2S2/c1-3-12-6-5-7-14-15(10-21-18(12)14)16(25)11-27-20-23-22-19(28-20)24(13-8-9-13)17(26)4-2/h5-7,10,13,21H,3-4,8-9,11H2,1-2H3. The van der Waals surface area contributed by atoms with E-state index in [1.54, 1.807) is 11.1 Å². The summed E-state index contributed by atoms with van der Waals surface area (Å²) in [6.45, 7) is 3.96. The summed E-state index contributed by atoms with van der Waals surface area (Å²) in [5.41, 5.74) is 2.96. The molecule has 0 unspecified atom stereocenters. The average Bonchev–Trinajstić information content (AvgIpc) is 3.26. The van der Waals surface area contributed by atoms with Crippen LogP contribution in [0.15, 0.2) is 28.7 Å². The van der Waals surface area contributed by atoms with Gasteiger partial charge in [-0.15, -0.1) is 10.2 Å². The van der Waals surface area contributed by atoms with E-state index in [4.69, 9.17) is 0 Å². The second-order valence-corrected chi connectivity index (χ2v) is 8.98. The number of fused-ring (bicyclic) bond motifs is 1. The van der Waals surface area contributed by atoms with E-state index in [2.05, 4.69) is 28.2 Å². The lowest BCUT2D eigenvalue weighted by Crippen LogP contribution is -2.32. The minimum atomic E-state index is 0.0601. The number of rotatable bonds is 8. The number of aromatic amines is 1. The van der Waals surface area contributed by atoms with Crippen molar-refractivity contribution < 1.29 is 9.59 Å². The number of thioether (sulfide) groups is 1. The second kappa shape index (κ2) is 8.05. The normalized spacial score (nSPS) is 13.8. The average molecular weight is 415 g/mol. The Hall–Kier alpha value is -2.19. The fourth-order valence-electron chi connectivity index (χ4n) is 3.28. The zero-order chi connectivity index (χ0) is 19.7. The first-order chi connectivity index (χ1) is 13.6. The van der Waals surface area contributed by atoms with Crippen LogP contribution in [0.25, 0.3) is 10.9 Å². The number of Topliss-reactive ketones (excluding diaryl/α,β-unsaturated/α-hetero) is 1. The van der Waals surface area contributed by atoms with Crippen molar-refractivity contribution in [1.29, 1.82) is 0 Å². The van der Waals surface area contributed by atoms with Gasteiger partial charge in [0, 0.05) is 35.1 Å². The van der Waals surface area contributed by atoms with Gasteiger partial charge in [-0.05, 0) is 24.8 Å². The zero-order valence-electron chi connectivity index (χ0n) is 15.9. The molecule has 0 saturated heterocycles. The van der Waals surface area contributed by atoms with E-state index < -0.39 is 0 Å². The molecular formula is C20H22N4O2S2. The van der Waals surface area contributed by atoms with Gasteiger partial charge in [-0.25, -0.2) is 0 Å². The molecule has 8 heteroatoms. The van der Waals surface area contributed by atoms with Crippen LogP contribution in [0.2, 0.25) is 0 Å². The number of para-hydroxylation sites is 1. The van der Waals surface area contributed by atoms with Gasteiger partial charge in [-0.2, -0.15) is 0 Å². The van der Waals surface area contributed by atoms with Crippen molar-refractivity contribution in [2.45, 2.75) is 49.9 Å². The summed E-state index contributed by atoms with van der Waals surface area (Å²) in [5, 5.41) is 9.99. The lowest BCUT2D eigenvalue weighted by molar-refractivity contribution is -0.118. The van der Waals surface area contributed by atoms with Gasteiger partial charge < -0.3 is 4.98 Å². The number of hydrogen-bond donors (Lipinski definition) is 1. The smallest absolute Gasteiger partial charge is 0.228 e. The monoisotopic (exact) mass is 414 g/mol. The van der Waals surface area contributed by atoms with Crippen molar-refractivity contribution in [2.75, 3.05) is 10.7 Å². The highest BCUT2D eigenvalue weighted by Gasteiger charge is 2.35. The van der Waals surface area contributed by atoms with Gasteiger partial charge in [0.2, 0.25) is 11.0 Å². The van der Waals surface area contributed by atoms with Crippen LogP contribution in [0.5, 0.6) is 0 Å². The molecule has 0 spiro atoms. The molecule has 1 aliphatic rings. The lowest BCUT2D eigenvalue weighted by Gasteiger charge is -2.17. The minimum absolute atomic E-state index is 0.0601. The van der Waals surface area contributed by atoms with E-state index in [-0.39, 0.29) is 17.7 Å². The highest BCUT2D eigenvalue weighted by Crippen LogP contribution is 2.36. The first-order valence-electron chi connectivity index (χ1n) is 9.52. The number of ketones is 1. The van der Waals surface area contributed by atoms with E-state index >= 15 is 0 Å². The highest BCUT2D eigenvalue weighted by atomic mass is 32.2. The molecule has 2 aromatic heterocycles. The first-order valence-corrected chi connectivity index (χ1v) is 11.3. The number of nitrogens with zero attached hydrogens (tertiary/aromatic N) is 3. The number of amides is 1. The maximum Gasteiger partial charge on any atom is 0.228 e. The number of carbonyl (C=O) groups excluding carboxylic acids is 2. The molecule has 6 nitrogen and oxygen atoms in total. The number of H-pyrrole nitrogens is 1. The molecule has 146 valence electrons. The van der Waals surface area contributed by atoms with E-state index in [0.29, 0.717) is 27.2 Å². The van der Waals surface area contributed by atoms with Crippen molar-refractivity contribution in [3.63, 3.8) is 0 Å². The third kappa shape index (κ3) is 3.71. The molecule has 1 amide bonds. The molecule has 3 aromatic rings. The summed E-state index contributed by atoms with van der Waals surface area (Å²) in [6.07, 6.45) is 5.21. The van der Waals surface area contributed by atoms with Gasteiger partial charge in [-0.3, -0.25) is 14.5 Å². The van der Waals surface area contributed by atoms with Crippen molar-refractivity contribution in [2.24, 2.45) is 0 Å². The summed E-state index contributed by atoms with van der Waals surface area (Å²) < 4.78 is 0.715. The third-order valence-corrected chi connectivity index (χ3v) is 6.95. The van der Waals surface area contributed by atoms with Gasteiger partial charge in [-0.1, -0.05) is 55.1 Å². The maximum atomic E-state index is 12.8. The van der Waals surface area contributed by atoms with Crippen molar-refractivity contribution in [1.82, 2.24) is 15.2 Å². The predicted octanol–water partition coefficient (Wildman–Crippen LogP) is 4.46. The number of aromatic nitrogens is 3. The lowest BCUT2D eigenvalue weighted by atomic mass is 10.1. The molecule has 1 aliphatic carbocycles. The van der Waals surface area contributed by atoms with Crippen LogP contribution < -0.4 is 4.90 Å². The van der Waals surface area contributed by atoms with Crippen LogP contribution in [-0.2, 0) is 11.2 Å². The number of carbonyl (C=O) groups is 2. The third-order valence-electron chi connectivity index (χ3n) is 4.89.